The summed E-state index contributed by atoms with van der Waals surface area (Å²) in [5.74, 6) is 2.14. The molecule has 1 atom stereocenters. The fourth-order valence-corrected chi connectivity index (χ4v) is 3.55. The number of fused-ring (bicyclic) bond motifs is 1. The predicted molar refractivity (Wildman–Crippen MR) is 76.6 cm³/mol. The van der Waals surface area contributed by atoms with Crippen molar-refractivity contribution in [3.8, 4) is 0 Å². The molecule has 1 aromatic rings. The van der Waals surface area contributed by atoms with Crippen molar-refractivity contribution >= 4 is 29.3 Å². The molecule has 2 amide bonds. The fraction of sp³-hybridized carbons (Fsp3) is 0.429. The molecule has 1 aromatic carbocycles. The molecule has 0 aliphatic carbocycles. The molecular weight excluding hydrogens is 260 g/mol. The van der Waals surface area contributed by atoms with Gasteiger partial charge in [-0.05, 0) is 36.3 Å². The molecular formula is C14H16N2O2S. The van der Waals surface area contributed by atoms with Crippen LogP contribution in [0.2, 0.25) is 0 Å². The van der Waals surface area contributed by atoms with E-state index < -0.39 is 0 Å². The summed E-state index contributed by atoms with van der Waals surface area (Å²) in [6.07, 6.45) is 2.63. The van der Waals surface area contributed by atoms with Crippen molar-refractivity contribution in [2.45, 2.75) is 25.3 Å². The lowest BCUT2D eigenvalue weighted by molar-refractivity contribution is -0.115. The minimum Gasteiger partial charge on any atom is -0.348 e. The number of benzene rings is 1. The van der Waals surface area contributed by atoms with Crippen LogP contribution >= 0.6 is 11.8 Å². The third kappa shape index (κ3) is 2.76. The van der Waals surface area contributed by atoms with Gasteiger partial charge in [0.05, 0.1) is 6.42 Å². The van der Waals surface area contributed by atoms with E-state index in [9.17, 15) is 9.59 Å². The average molecular weight is 276 g/mol. The Morgan fingerprint density at radius 3 is 3.11 bits per heavy atom. The van der Waals surface area contributed by atoms with Crippen LogP contribution in [-0.4, -0.2) is 29.4 Å². The number of hydrogen-bond donors (Lipinski definition) is 2. The number of amides is 2. The zero-order chi connectivity index (χ0) is 13.2. The van der Waals surface area contributed by atoms with Gasteiger partial charge in [0.2, 0.25) is 5.91 Å². The summed E-state index contributed by atoms with van der Waals surface area (Å²) in [4.78, 5) is 23.4. The lowest BCUT2D eigenvalue weighted by atomic mass is 10.1. The van der Waals surface area contributed by atoms with Gasteiger partial charge in [0.25, 0.3) is 5.91 Å². The van der Waals surface area contributed by atoms with Crippen molar-refractivity contribution in [1.82, 2.24) is 5.32 Å². The van der Waals surface area contributed by atoms with Gasteiger partial charge in [-0.2, -0.15) is 11.8 Å². The molecule has 2 N–H and O–H groups in total. The summed E-state index contributed by atoms with van der Waals surface area (Å²) >= 11 is 1.89. The zero-order valence-electron chi connectivity index (χ0n) is 10.6. The normalized spacial score (nSPS) is 21.7. The van der Waals surface area contributed by atoms with Gasteiger partial charge in [-0.3, -0.25) is 9.59 Å². The monoisotopic (exact) mass is 276 g/mol. The number of hydrogen-bond acceptors (Lipinski definition) is 3. The highest BCUT2D eigenvalue weighted by atomic mass is 32.2. The van der Waals surface area contributed by atoms with E-state index in [0.29, 0.717) is 12.0 Å². The van der Waals surface area contributed by atoms with E-state index in [-0.39, 0.29) is 17.9 Å². The Bertz CT molecular complexity index is 524. The second-order valence-electron chi connectivity index (χ2n) is 4.98. The summed E-state index contributed by atoms with van der Waals surface area (Å²) in [5.41, 5.74) is 2.36. The second-order valence-corrected chi connectivity index (χ2v) is 6.13. The highest BCUT2D eigenvalue weighted by Crippen LogP contribution is 2.24. The van der Waals surface area contributed by atoms with Crippen molar-refractivity contribution in [1.29, 1.82) is 0 Å². The number of thioether (sulfide) groups is 1. The molecule has 0 aromatic heterocycles. The molecule has 0 saturated carbocycles. The van der Waals surface area contributed by atoms with Gasteiger partial charge in [0.1, 0.15) is 0 Å². The number of rotatable bonds is 2. The van der Waals surface area contributed by atoms with E-state index in [1.165, 1.54) is 5.75 Å². The first-order chi connectivity index (χ1) is 9.22. The number of anilines is 1. The first kappa shape index (κ1) is 12.5. The Kier molecular flexibility index (Phi) is 3.46. The van der Waals surface area contributed by atoms with E-state index in [2.05, 4.69) is 10.6 Å². The number of nitrogens with one attached hydrogen (secondary N) is 2. The van der Waals surface area contributed by atoms with Crippen molar-refractivity contribution < 1.29 is 9.59 Å². The third-order valence-electron chi connectivity index (χ3n) is 3.49. The molecule has 4 nitrogen and oxygen atoms in total. The van der Waals surface area contributed by atoms with Crippen LogP contribution in [0.4, 0.5) is 5.69 Å². The van der Waals surface area contributed by atoms with Crippen LogP contribution in [0.15, 0.2) is 18.2 Å². The van der Waals surface area contributed by atoms with E-state index in [4.69, 9.17) is 0 Å². The minimum atomic E-state index is -0.0450. The minimum absolute atomic E-state index is 0.00348. The average Bonchev–Trinajstić information content (AvgIpc) is 2.78. The molecule has 0 spiro atoms. The molecule has 2 heterocycles. The second kappa shape index (κ2) is 5.25. The van der Waals surface area contributed by atoms with E-state index in [1.54, 1.807) is 12.1 Å². The molecule has 1 unspecified atom stereocenters. The SMILES string of the molecule is O=C1Cc2ccc(C(=O)NC3CCCSC3)cc2N1. The largest absolute Gasteiger partial charge is 0.348 e. The maximum atomic E-state index is 12.2. The molecule has 5 heteroatoms. The van der Waals surface area contributed by atoms with Gasteiger partial charge in [-0.1, -0.05) is 6.07 Å². The van der Waals surface area contributed by atoms with E-state index in [1.807, 2.05) is 17.8 Å². The maximum Gasteiger partial charge on any atom is 0.251 e. The predicted octanol–water partition coefficient (Wildman–Crippen LogP) is 1.81. The Morgan fingerprint density at radius 2 is 2.32 bits per heavy atom. The van der Waals surface area contributed by atoms with Gasteiger partial charge in [-0.25, -0.2) is 0 Å². The van der Waals surface area contributed by atoms with Gasteiger partial charge >= 0.3 is 0 Å². The Morgan fingerprint density at radius 1 is 1.42 bits per heavy atom. The Labute approximate surface area is 116 Å². The Hall–Kier alpha value is -1.49. The van der Waals surface area contributed by atoms with Crippen LogP contribution in [0.3, 0.4) is 0 Å². The lowest BCUT2D eigenvalue weighted by Gasteiger charge is -2.22. The molecule has 2 aliphatic rings. The summed E-state index contributed by atoms with van der Waals surface area (Å²) in [5, 5.41) is 5.84. The molecule has 1 fully saturated rings. The zero-order valence-corrected chi connectivity index (χ0v) is 11.4. The van der Waals surface area contributed by atoms with Gasteiger partial charge in [0, 0.05) is 23.0 Å². The van der Waals surface area contributed by atoms with Crippen molar-refractivity contribution in [3.63, 3.8) is 0 Å². The van der Waals surface area contributed by atoms with Crippen LogP contribution in [-0.2, 0) is 11.2 Å². The van der Waals surface area contributed by atoms with Crippen molar-refractivity contribution in [2.24, 2.45) is 0 Å². The smallest absolute Gasteiger partial charge is 0.251 e. The van der Waals surface area contributed by atoms with Crippen LogP contribution in [0.5, 0.6) is 0 Å². The first-order valence-electron chi connectivity index (χ1n) is 6.54. The quantitative estimate of drug-likeness (QED) is 0.866. The molecule has 100 valence electrons. The highest BCUT2D eigenvalue weighted by Gasteiger charge is 2.21. The van der Waals surface area contributed by atoms with Crippen LogP contribution < -0.4 is 10.6 Å². The number of carbonyl (C=O) groups is 2. The molecule has 0 radical (unpaired) electrons. The van der Waals surface area contributed by atoms with Crippen molar-refractivity contribution in [2.75, 3.05) is 16.8 Å². The molecule has 2 aliphatic heterocycles. The van der Waals surface area contributed by atoms with E-state index in [0.717, 1.165) is 29.8 Å². The van der Waals surface area contributed by atoms with Crippen LogP contribution in [0.25, 0.3) is 0 Å². The summed E-state index contributed by atoms with van der Waals surface area (Å²) in [7, 11) is 0. The standard InChI is InChI=1S/C14H16N2O2S/c17-13-7-9-3-4-10(6-12(9)16-13)14(18)15-11-2-1-5-19-8-11/h3-4,6,11H,1-2,5,7-8H2,(H,15,18)(H,16,17). The highest BCUT2D eigenvalue weighted by molar-refractivity contribution is 7.99. The molecule has 1 saturated heterocycles. The van der Waals surface area contributed by atoms with Gasteiger partial charge < -0.3 is 10.6 Å². The Balaban J connectivity index is 1.70. The fourth-order valence-electron chi connectivity index (χ4n) is 2.48. The van der Waals surface area contributed by atoms with Gasteiger partial charge in [-0.15, -0.1) is 0 Å². The van der Waals surface area contributed by atoms with E-state index >= 15 is 0 Å². The summed E-state index contributed by atoms with van der Waals surface area (Å²) < 4.78 is 0. The lowest BCUT2D eigenvalue weighted by Crippen LogP contribution is -2.38. The molecule has 19 heavy (non-hydrogen) atoms. The maximum absolute atomic E-state index is 12.2. The van der Waals surface area contributed by atoms with Gasteiger partial charge in [0.15, 0.2) is 0 Å². The number of carbonyl (C=O) groups excluding carboxylic acids is 2. The topological polar surface area (TPSA) is 58.2 Å². The molecule has 0 bridgehead atoms. The van der Waals surface area contributed by atoms with Crippen molar-refractivity contribution in [3.05, 3.63) is 29.3 Å². The van der Waals surface area contributed by atoms with Crippen LogP contribution in [0, 0.1) is 0 Å². The third-order valence-corrected chi connectivity index (χ3v) is 4.71. The first-order valence-corrected chi connectivity index (χ1v) is 7.69. The summed E-state index contributed by atoms with van der Waals surface area (Å²) in [6.45, 7) is 0. The molecule has 3 rings (SSSR count). The van der Waals surface area contributed by atoms with Crippen LogP contribution in [0.1, 0.15) is 28.8 Å². The summed E-state index contributed by atoms with van der Waals surface area (Å²) in [6, 6.07) is 5.70.